The number of aromatic nitrogens is 3. The molecule has 0 aliphatic carbocycles. The third kappa shape index (κ3) is 5.61. The first kappa shape index (κ1) is 25.4. The summed E-state index contributed by atoms with van der Waals surface area (Å²) in [6.07, 6.45) is 0.830. The molecule has 3 rings (SSSR count). The number of amides is 3. The third-order valence-electron chi connectivity index (χ3n) is 5.45. The standard InChI is InChI=1S/C23H29ClN6O4/c1-13-20(30(14(2)31)8-7-29(13)22(33)34-23(3,4)5)15-9-17(28-19(24)10-15)16-11-18(21(32)25-6)27-12-26-16/h9-13,20H,7-8H2,1-6H3,(H,25,32)/t13-,20+/m1/s1. The summed E-state index contributed by atoms with van der Waals surface area (Å²) in [5.41, 5.74) is 1.04. The van der Waals surface area contributed by atoms with Gasteiger partial charge in [-0.2, -0.15) is 0 Å². The van der Waals surface area contributed by atoms with Crippen LogP contribution in [0.25, 0.3) is 11.4 Å². The minimum absolute atomic E-state index is 0.126. The lowest BCUT2D eigenvalue weighted by Gasteiger charge is -2.46. The highest BCUT2D eigenvalue weighted by molar-refractivity contribution is 6.29. The first-order chi connectivity index (χ1) is 15.9. The molecule has 3 amide bonds. The van der Waals surface area contributed by atoms with E-state index in [0.29, 0.717) is 30.0 Å². The molecule has 3 heterocycles. The van der Waals surface area contributed by atoms with Crippen molar-refractivity contribution in [2.45, 2.75) is 52.3 Å². The van der Waals surface area contributed by atoms with Gasteiger partial charge in [-0.3, -0.25) is 9.59 Å². The van der Waals surface area contributed by atoms with Crippen LogP contribution < -0.4 is 5.32 Å². The van der Waals surface area contributed by atoms with Crippen LogP contribution in [0.5, 0.6) is 0 Å². The molecule has 1 N–H and O–H groups in total. The zero-order valence-corrected chi connectivity index (χ0v) is 20.9. The number of nitrogens with zero attached hydrogens (tertiary/aromatic N) is 5. The van der Waals surface area contributed by atoms with Gasteiger partial charge in [-0.15, -0.1) is 0 Å². The Morgan fingerprint density at radius 1 is 1.09 bits per heavy atom. The van der Waals surface area contributed by atoms with Crippen molar-refractivity contribution < 1.29 is 19.1 Å². The van der Waals surface area contributed by atoms with Gasteiger partial charge in [-0.25, -0.2) is 19.7 Å². The minimum Gasteiger partial charge on any atom is -0.444 e. The zero-order valence-electron chi connectivity index (χ0n) is 20.1. The molecular formula is C23H29ClN6O4. The van der Waals surface area contributed by atoms with Crippen LogP contribution in [-0.2, 0) is 9.53 Å². The Morgan fingerprint density at radius 3 is 2.38 bits per heavy atom. The maximum Gasteiger partial charge on any atom is 0.410 e. The van der Waals surface area contributed by atoms with Crippen molar-refractivity contribution in [1.29, 1.82) is 0 Å². The Bertz CT molecular complexity index is 1100. The Morgan fingerprint density at radius 2 is 1.76 bits per heavy atom. The van der Waals surface area contributed by atoms with E-state index in [9.17, 15) is 14.4 Å². The van der Waals surface area contributed by atoms with Gasteiger partial charge in [-0.1, -0.05) is 11.6 Å². The highest BCUT2D eigenvalue weighted by Crippen LogP contribution is 2.34. The molecule has 0 spiro atoms. The van der Waals surface area contributed by atoms with Crippen LogP contribution in [0.2, 0.25) is 5.15 Å². The molecule has 0 unspecified atom stereocenters. The monoisotopic (exact) mass is 488 g/mol. The Kier molecular flexibility index (Phi) is 7.40. The third-order valence-corrected chi connectivity index (χ3v) is 5.64. The van der Waals surface area contributed by atoms with Crippen molar-refractivity contribution in [3.8, 4) is 11.4 Å². The quantitative estimate of drug-likeness (QED) is 0.659. The van der Waals surface area contributed by atoms with E-state index in [4.69, 9.17) is 16.3 Å². The molecule has 0 bridgehead atoms. The van der Waals surface area contributed by atoms with E-state index in [2.05, 4.69) is 20.3 Å². The molecule has 1 saturated heterocycles. The first-order valence-electron chi connectivity index (χ1n) is 10.9. The van der Waals surface area contributed by atoms with Crippen molar-refractivity contribution in [3.63, 3.8) is 0 Å². The van der Waals surface area contributed by atoms with Gasteiger partial charge in [0.2, 0.25) is 5.91 Å². The van der Waals surface area contributed by atoms with Crippen molar-refractivity contribution in [2.24, 2.45) is 0 Å². The van der Waals surface area contributed by atoms with Crippen LogP contribution in [0.4, 0.5) is 4.79 Å². The number of carbonyl (C=O) groups is 3. The van der Waals surface area contributed by atoms with E-state index >= 15 is 0 Å². The van der Waals surface area contributed by atoms with Gasteiger partial charge in [0.1, 0.15) is 22.8 Å². The highest BCUT2D eigenvalue weighted by atomic mass is 35.5. The lowest BCUT2D eigenvalue weighted by atomic mass is 9.94. The molecule has 2 aromatic rings. The summed E-state index contributed by atoms with van der Waals surface area (Å²) in [6.45, 7) is 9.47. The maximum absolute atomic E-state index is 12.9. The fourth-order valence-electron chi connectivity index (χ4n) is 3.95. The van der Waals surface area contributed by atoms with Crippen molar-refractivity contribution in [2.75, 3.05) is 20.1 Å². The largest absolute Gasteiger partial charge is 0.444 e. The average Bonchev–Trinajstić information content (AvgIpc) is 2.76. The number of hydrogen-bond acceptors (Lipinski definition) is 7. The van der Waals surface area contributed by atoms with Crippen molar-refractivity contribution in [3.05, 3.63) is 40.9 Å². The number of hydrogen-bond donors (Lipinski definition) is 1. The van der Waals surface area contributed by atoms with E-state index in [-0.39, 0.29) is 22.7 Å². The van der Waals surface area contributed by atoms with Gasteiger partial charge in [-0.05, 0) is 51.5 Å². The molecule has 0 aromatic carbocycles. The van der Waals surface area contributed by atoms with Crippen LogP contribution in [-0.4, -0.2) is 74.4 Å². The van der Waals surface area contributed by atoms with E-state index < -0.39 is 23.8 Å². The van der Waals surface area contributed by atoms with Gasteiger partial charge < -0.3 is 19.9 Å². The summed E-state index contributed by atoms with van der Waals surface area (Å²) < 4.78 is 5.58. The Hall–Kier alpha value is -3.27. The van der Waals surface area contributed by atoms with E-state index in [1.165, 1.54) is 26.4 Å². The molecule has 2 aromatic heterocycles. The number of piperazine rings is 1. The Labute approximate surface area is 203 Å². The number of rotatable bonds is 3. The predicted octanol–water partition coefficient (Wildman–Crippen LogP) is 3.08. The molecule has 10 nitrogen and oxygen atoms in total. The van der Waals surface area contributed by atoms with Crippen LogP contribution in [0, 0.1) is 0 Å². The number of pyridine rings is 1. The SMILES string of the molecule is CNC(=O)c1cc(-c2cc([C@@H]3[C@@H](C)N(C(=O)OC(C)(C)C)CCN3C(C)=O)cc(Cl)n2)ncn1. The van der Waals surface area contributed by atoms with Crippen LogP contribution in [0.1, 0.15) is 56.7 Å². The summed E-state index contributed by atoms with van der Waals surface area (Å²) in [6, 6.07) is 4.06. The molecule has 0 saturated carbocycles. The lowest BCUT2D eigenvalue weighted by Crippen LogP contribution is -2.57. The molecular weight excluding hydrogens is 460 g/mol. The number of halogens is 1. The molecule has 1 aliphatic rings. The average molecular weight is 489 g/mol. The van der Waals surface area contributed by atoms with Gasteiger partial charge in [0.25, 0.3) is 5.91 Å². The predicted molar refractivity (Wildman–Crippen MR) is 126 cm³/mol. The van der Waals surface area contributed by atoms with Gasteiger partial charge in [0, 0.05) is 27.1 Å². The molecule has 1 fully saturated rings. The van der Waals surface area contributed by atoms with Crippen molar-refractivity contribution in [1.82, 2.24) is 30.1 Å². The summed E-state index contributed by atoms with van der Waals surface area (Å²) in [7, 11) is 1.51. The van der Waals surface area contributed by atoms with Gasteiger partial charge in [0.15, 0.2) is 0 Å². The number of ether oxygens (including phenoxy) is 1. The molecule has 34 heavy (non-hydrogen) atoms. The van der Waals surface area contributed by atoms with E-state index in [0.717, 1.165) is 0 Å². The lowest BCUT2D eigenvalue weighted by molar-refractivity contribution is -0.136. The summed E-state index contributed by atoms with van der Waals surface area (Å²) in [4.78, 5) is 53.3. The molecule has 11 heteroatoms. The molecule has 1 aliphatic heterocycles. The minimum atomic E-state index is -0.646. The molecule has 0 radical (unpaired) electrons. The fraction of sp³-hybridized carbons (Fsp3) is 0.478. The van der Waals surface area contributed by atoms with Crippen molar-refractivity contribution >= 4 is 29.5 Å². The second-order valence-corrected chi connectivity index (χ2v) is 9.43. The summed E-state index contributed by atoms with van der Waals surface area (Å²) >= 11 is 6.37. The van der Waals surface area contributed by atoms with E-state index in [1.807, 2.05) is 27.7 Å². The van der Waals surface area contributed by atoms with Crippen LogP contribution in [0.3, 0.4) is 0 Å². The summed E-state index contributed by atoms with van der Waals surface area (Å²) in [5.74, 6) is -0.485. The van der Waals surface area contributed by atoms with Crippen LogP contribution >= 0.6 is 11.6 Å². The van der Waals surface area contributed by atoms with Crippen LogP contribution in [0.15, 0.2) is 24.5 Å². The van der Waals surface area contributed by atoms with Gasteiger partial charge >= 0.3 is 6.09 Å². The molecule has 2 atom stereocenters. The topological polar surface area (TPSA) is 118 Å². The fourth-order valence-corrected chi connectivity index (χ4v) is 4.16. The van der Waals surface area contributed by atoms with E-state index in [1.54, 1.807) is 21.9 Å². The Balaban J connectivity index is 2.03. The van der Waals surface area contributed by atoms with Gasteiger partial charge in [0.05, 0.1) is 23.5 Å². The first-order valence-corrected chi connectivity index (χ1v) is 11.3. The number of carbonyl (C=O) groups excluding carboxylic acids is 3. The maximum atomic E-state index is 12.9. The smallest absolute Gasteiger partial charge is 0.410 e. The summed E-state index contributed by atoms with van der Waals surface area (Å²) in [5, 5.41) is 2.71. The highest BCUT2D eigenvalue weighted by Gasteiger charge is 2.40. The zero-order chi connectivity index (χ0) is 25.2. The second kappa shape index (κ2) is 9.92. The normalized spacial score (nSPS) is 18.4. The second-order valence-electron chi connectivity index (χ2n) is 9.05. The molecule has 182 valence electrons. The number of nitrogens with one attached hydrogen (secondary N) is 1.